The van der Waals surface area contributed by atoms with E-state index in [1.807, 2.05) is 36.1 Å². The molecule has 0 spiro atoms. The quantitative estimate of drug-likeness (QED) is 0.243. The van der Waals surface area contributed by atoms with Crippen molar-refractivity contribution >= 4 is 34.9 Å². The first-order valence-electron chi connectivity index (χ1n) is 11.6. The SMILES string of the molecule is Cc1cccc(/C=N/Nc2nc(N3CCOCC3)nc3c2ncn3CC(=O)c2cccc(C#N)c2)c1. The Hall–Kier alpha value is -4.62. The Morgan fingerprint density at radius 3 is 2.83 bits per heavy atom. The van der Waals surface area contributed by atoms with Gasteiger partial charge in [0.1, 0.15) is 0 Å². The van der Waals surface area contributed by atoms with Crippen LogP contribution in [0.3, 0.4) is 0 Å². The van der Waals surface area contributed by atoms with Crippen molar-refractivity contribution in [2.75, 3.05) is 36.6 Å². The number of hydrazone groups is 1. The molecule has 0 amide bonds. The topological polar surface area (TPSA) is 121 Å². The number of rotatable bonds is 7. The average molecular weight is 481 g/mol. The molecular formula is C26H24N8O2. The molecule has 1 aliphatic heterocycles. The molecule has 4 aromatic rings. The minimum atomic E-state index is -0.148. The summed E-state index contributed by atoms with van der Waals surface area (Å²) in [7, 11) is 0. The number of nitrogens with one attached hydrogen (secondary N) is 1. The van der Waals surface area contributed by atoms with Gasteiger partial charge in [-0.25, -0.2) is 4.98 Å². The first-order chi connectivity index (χ1) is 17.6. The molecule has 2 aromatic carbocycles. The van der Waals surface area contributed by atoms with E-state index >= 15 is 0 Å². The third-order valence-corrected chi connectivity index (χ3v) is 5.80. The highest BCUT2D eigenvalue weighted by atomic mass is 16.5. The van der Waals surface area contributed by atoms with E-state index in [0.29, 0.717) is 60.4 Å². The molecule has 180 valence electrons. The maximum Gasteiger partial charge on any atom is 0.229 e. The van der Waals surface area contributed by atoms with Gasteiger partial charge in [-0.1, -0.05) is 42.0 Å². The van der Waals surface area contributed by atoms with Crippen molar-refractivity contribution in [1.29, 1.82) is 5.26 Å². The van der Waals surface area contributed by atoms with Crippen molar-refractivity contribution in [3.63, 3.8) is 0 Å². The average Bonchev–Trinajstić information content (AvgIpc) is 3.32. The molecule has 10 heteroatoms. The lowest BCUT2D eigenvalue weighted by molar-refractivity contribution is 0.0973. The molecule has 1 fully saturated rings. The highest BCUT2D eigenvalue weighted by molar-refractivity contribution is 5.97. The molecular weight excluding hydrogens is 456 g/mol. The number of anilines is 2. The number of hydrogen-bond donors (Lipinski definition) is 1. The maximum atomic E-state index is 13.0. The Labute approximate surface area is 207 Å². The van der Waals surface area contributed by atoms with Crippen LogP contribution in [0.4, 0.5) is 11.8 Å². The van der Waals surface area contributed by atoms with Crippen molar-refractivity contribution < 1.29 is 9.53 Å². The number of fused-ring (bicyclic) bond motifs is 1. The normalized spacial score (nSPS) is 13.7. The number of hydrogen-bond acceptors (Lipinski definition) is 9. The summed E-state index contributed by atoms with van der Waals surface area (Å²) in [4.78, 5) is 28.9. The minimum absolute atomic E-state index is 0.0247. The Morgan fingerprint density at radius 1 is 1.19 bits per heavy atom. The van der Waals surface area contributed by atoms with Gasteiger partial charge in [-0.05, 0) is 24.6 Å². The van der Waals surface area contributed by atoms with Crippen molar-refractivity contribution in [2.45, 2.75) is 13.5 Å². The second kappa shape index (κ2) is 10.3. The van der Waals surface area contributed by atoms with Crippen LogP contribution in [0.5, 0.6) is 0 Å². The molecule has 3 heterocycles. The molecule has 36 heavy (non-hydrogen) atoms. The number of aryl methyl sites for hydroxylation is 1. The standard InChI is InChI=1S/C26H24N8O2/c1-18-4-2-6-20(12-18)15-29-32-24-23-25(31-26(30-24)33-8-10-36-11-9-33)34(17-28-23)16-22(35)21-7-3-5-19(13-21)14-27/h2-7,12-13,15,17H,8-11,16H2,1H3,(H,30,31,32)/b29-15+. The van der Waals surface area contributed by atoms with Gasteiger partial charge in [-0.2, -0.15) is 20.3 Å². The number of carbonyl (C=O) groups excluding carboxylic acids is 1. The fourth-order valence-corrected chi connectivity index (χ4v) is 3.96. The van der Waals surface area contributed by atoms with Gasteiger partial charge < -0.3 is 14.2 Å². The molecule has 0 radical (unpaired) electrons. The highest BCUT2D eigenvalue weighted by Crippen LogP contribution is 2.24. The van der Waals surface area contributed by atoms with E-state index in [1.54, 1.807) is 41.4 Å². The minimum Gasteiger partial charge on any atom is -0.378 e. The van der Waals surface area contributed by atoms with Gasteiger partial charge >= 0.3 is 0 Å². The van der Waals surface area contributed by atoms with Crippen molar-refractivity contribution in [2.24, 2.45) is 5.10 Å². The Balaban J connectivity index is 1.48. The van der Waals surface area contributed by atoms with Crippen molar-refractivity contribution in [3.8, 4) is 6.07 Å². The third-order valence-electron chi connectivity index (χ3n) is 5.80. The van der Waals surface area contributed by atoms with Crippen LogP contribution in [0, 0.1) is 18.3 Å². The van der Waals surface area contributed by atoms with Gasteiger partial charge in [0, 0.05) is 18.7 Å². The summed E-state index contributed by atoms with van der Waals surface area (Å²) < 4.78 is 7.16. The summed E-state index contributed by atoms with van der Waals surface area (Å²) in [6, 6.07) is 16.7. The molecule has 0 bridgehead atoms. The summed E-state index contributed by atoms with van der Waals surface area (Å²) >= 11 is 0. The molecule has 1 saturated heterocycles. The number of nitriles is 1. The largest absolute Gasteiger partial charge is 0.378 e. The summed E-state index contributed by atoms with van der Waals surface area (Å²) in [5.41, 5.74) is 7.03. The van der Waals surface area contributed by atoms with E-state index in [2.05, 4.69) is 26.6 Å². The number of ether oxygens (including phenoxy) is 1. The van der Waals surface area contributed by atoms with E-state index < -0.39 is 0 Å². The van der Waals surface area contributed by atoms with Gasteiger partial charge in [0.25, 0.3) is 0 Å². The number of morpholine rings is 1. The zero-order valence-corrected chi connectivity index (χ0v) is 19.8. The summed E-state index contributed by atoms with van der Waals surface area (Å²) in [6.07, 6.45) is 3.29. The van der Waals surface area contributed by atoms with E-state index in [9.17, 15) is 4.79 Å². The van der Waals surface area contributed by atoms with E-state index in [0.717, 1.165) is 11.1 Å². The molecule has 0 atom stereocenters. The molecule has 1 aliphatic rings. The molecule has 1 N–H and O–H groups in total. The van der Waals surface area contributed by atoms with Crippen LogP contribution in [-0.4, -0.2) is 57.8 Å². The van der Waals surface area contributed by atoms with Crippen LogP contribution < -0.4 is 10.3 Å². The second-order valence-electron chi connectivity index (χ2n) is 8.42. The Morgan fingerprint density at radius 2 is 2.03 bits per heavy atom. The number of nitrogens with zero attached hydrogens (tertiary/aromatic N) is 7. The van der Waals surface area contributed by atoms with Crippen LogP contribution in [-0.2, 0) is 11.3 Å². The summed E-state index contributed by atoms with van der Waals surface area (Å²) in [5.74, 6) is 0.813. The monoisotopic (exact) mass is 480 g/mol. The highest BCUT2D eigenvalue weighted by Gasteiger charge is 2.20. The fourth-order valence-electron chi connectivity index (χ4n) is 3.96. The van der Waals surface area contributed by atoms with Crippen LogP contribution in [0.25, 0.3) is 11.2 Å². The maximum absolute atomic E-state index is 13.0. The zero-order chi connectivity index (χ0) is 24.9. The number of ketones is 1. The molecule has 10 nitrogen and oxygen atoms in total. The molecule has 0 aliphatic carbocycles. The lowest BCUT2D eigenvalue weighted by atomic mass is 10.1. The van der Waals surface area contributed by atoms with Crippen LogP contribution in [0.15, 0.2) is 60.0 Å². The van der Waals surface area contributed by atoms with E-state index in [1.165, 1.54) is 0 Å². The van der Waals surface area contributed by atoms with Crippen LogP contribution >= 0.6 is 0 Å². The lowest BCUT2D eigenvalue weighted by Crippen LogP contribution is -2.37. The molecule has 2 aromatic heterocycles. The molecule has 0 unspecified atom stereocenters. The van der Waals surface area contributed by atoms with Crippen LogP contribution in [0.1, 0.15) is 27.0 Å². The number of aromatic nitrogens is 4. The van der Waals surface area contributed by atoms with E-state index in [4.69, 9.17) is 15.0 Å². The summed E-state index contributed by atoms with van der Waals surface area (Å²) in [5, 5.41) is 13.5. The number of imidazole rings is 1. The number of benzene rings is 2. The predicted octanol–water partition coefficient (Wildman–Crippen LogP) is 3.17. The Kier molecular flexibility index (Phi) is 6.64. The van der Waals surface area contributed by atoms with Gasteiger partial charge in [-0.15, -0.1) is 0 Å². The van der Waals surface area contributed by atoms with Crippen molar-refractivity contribution in [3.05, 3.63) is 77.1 Å². The van der Waals surface area contributed by atoms with Gasteiger partial charge in [0.15, 0.2) is 22.8 Å². The van der Waals surface area contributed by atoms with E-state index in [-0.39, 0.29) is 12.3 Å². The third kappa shape index (κ3) is 5.06. The molecule has 5 rings (SSSR count). The van der Waals surface area contributed by atoms with Crippen LogP contribution in [0.2, 0.25) is 0 Å². The smallest absolute Gasteiger partial charge is 0.229 e. The zero-order valence-electron chi connectivity index (χ0n) is 19.8. The lowest BCUT2D eigenvalue weighted by Gasteiger charge is -2.27. The Bertz CT molecular complexity index is 1480. The first-order valence-corrected chi connectivity index (χ1v) is 11.6. The predicted molar refractivity (Wildman–Crippen MR) is 136 cm³/mol. The molecule has 0 saturated carbocycles. The first kappa shape index (κ1) is 23.1. The second-order valence-corrected chi connectivity index (χ2v) is 8.42. The number of carbonyl (C=O) groups is 1. The van der Waals surface area contributed by atoms with Gasteiger partial charge in [0.05, 0.1) is 43.9 Å². The van der Waals surface area contributed by atoms with Gasteiger partial charge in [-0.3, -0.25) is 10.2 Å². The number of Topliss-reactive ketones (excluding diaryl/α,β-unsaturated/α-hetero) is 1. The summed E-state index contributed by atoms with van der Waals surface area (Å²) in [6.45, 7) is 4.54. The van der Waals surface area contributed by atoms with Gasteiger partial charge in [0.2, 0.25) is 5.95 Å². The van der Waals surface area contributed by atoms with Crippen molar-refractivity contribution in [1.82, 2.24) is 19.5 Å². The fraction of sp³-hybridized carbons (Fsp3) is 0.231.